The maximum absolute atomic E-state index is 3.96. The Morgan fingerprint density at radius 3 is 2.89 bits per heavy atom. The van der Waals surface area contributed by atoms with Gasteiger partial charge in [-0.2, -0.15) is 10.2 Å². The van der Waals surface area contributed by atoms with Gasteiger partial charge in [0, 0.05) is 0 Å². The fourth-order valence-corrected chi connectivity index (χ4v) is 0.861. The van der Waals surface area contributed by atoms with E-state index in [-0.39, 0.29) is 0 Å². The maximum atomic E-state index is 3.96. The summed E-state index contributed by atoms with van der Waals surface area (Å²) in [7, 11) is 0. The molecule has 0 spiro atoms. The number of hydrogen-bond acceptors (Lipinski definition) is 2. The van der Waals surface area contributed by atoms with Crippen LogP contribution in [-0.2, 0) is 0 Å². The first-order valence-corrected chi connectivity index (χ1v) is 3.35. The summed E-state index contributed by atoms with van der Waals surface area (Å²) >= 11 is 0. The van der Waals surface area contributed by atoms with Crippen LogP contribution in [0.2, 0.25) is 0 Å². The molecule has 50 valence electrons. The molecule has 1 aliphatic rings. The Bertz CT molecular complexity index is 145. The Morgan fingerprint density at radius 2 is 2.44 bits per heavy atom. The van der Waals surface area contributed by atoms with E-state index in [1.54, 1.807) is 0 Å². The molecule has 0 aliphatic carbocycles. The molecular formula is C7H12N2. The highest BCUT2D eigenvalue weighted by molar-refractivity contribution is 5.04. The molecule has 0 saturated carbocycles. The lowest BCUT2D eigenvalue weighted by atomic mass is 10.1. The average Bonchev–Trinajstić information content (AvgIpc) is 2.15. The van der Waals surface area contributed by atoms with Gasteiger partial charge in [0.05, 0.1) is 12.2 Å². The van der Waals surface area contributed by atoms with Crippen LogP contribution >= 0.6 is 0 Å². The van der Waals surface area contributed by atoms with E-state index < -0.39 is 0 Å². The number of rotatable bonds is 2. The minimum Gasteiger partial charge on any atom is -0.185 e. The Hall–Kier alpha value is -0.660. The number of hydrogen-bond donors (Lipinski definition) is 0. The Labute approximate surface area is 55.7 Å². The first-order valence-electron chi connectivity index (χ1n) is 3.35. The zero-order chi connectivity index (χ0) is 6.69. The summed E-state index contributed by atoms with van der Waals surface area (Å²) in [4.78, 5) is 0. The zero-order valence-electron chi connectivity index (χ0n) is 5.96. The first-order chi connectivity index (χ1) is 4.29. The Kier molecular flexibility index (Phi) is 1.98. The summed E-state index contributed by atoms with van der Waals surface area (Å²) in [6, 6.07) is 0. The quantitative estimate of drug-likeness (QED) is 0.540. The van der Waals surface area contributed by atoms with Gasteiger partial charge < -0.3 is 0 Å². The van der Waals surface area contributed by atoms with Gasteiger partial charge in [-0.3, -0.25) is 0 Å². The molecule has 0 unspecified atom stereocenters. The molecule has 2 nitrogen and oxygen atoms in total. The smallest absolute Gasteiger partial charge is 0.0805 e. The van der Waals surface area contributed by atoms with Crippen molar-refractivity contribution in [2.75, 3.05) is 6.54 Å². The second-order valence-electron chi connectivity index (χ2n) is 2.72. The van der Waals surface area contributed by atoms with Crippen LogP contribution in [-0.4, -0.2) is 6.54 Å². The van der Waals surface area contributed by atoms with Crippen LogP contribution in [0.4, 0.5) is 0 Å². The molecule has 1 heterocycles. The molecule has 1 aliphatic heterocycles. The largest absolute Gasteiger partial charge is 0.185 e. The van der Waals surface area contributed by atoms with Gasteiger partial charge in [0.25, 0.3) is 0 Å². The van der Waals surface area contributed by atoms with E-state index in [9.17, 15) is 0 Å². The van der Waals surface area contributed by atoms with Crippen molar-refractivity contribution < 1.29 is 0 Å². The van der Waals surface area contributed by atoms with Gasteiger partial charge in [0.15, 0.2) is 0 Å². The van der Waals surface area contributed by atoms with Gasteiger partial charge in [-0.05, 0) is 18.4 Å². The molecule has 1 rings (SSSR count). The summed E-state index contributed by atoms with van der Waals surface area (Å²) < 4.78 is 0. The molecule has 0 radical (unpaired) electrons. The minimum absolute atomic E-state index is 0.702. The van der Waals surface area contributed by atoms with Gasteiger partial charge >= 0.3 is 0 Å². The van der Waals surface area contributed by atoms with Crippen molar-refractivity contribution >= 4 is 0 Å². The van der Waals surface area contributed by atoms with E-state index in [0.717, 1.165) is 18.7 Å². The second kappa shape index (κ2) is 2.76. The van der Waals surface area contributed by atoms with Crippen molar-refractivity contribution in [3.8, 4) is 0 Å². The first kappa shape index (κ1) is 6.46. The highest BCUT2D eigenvalue weighted by Gasteiger charge is 2.02. The van der Waals surface area contributed by atoms with Crippen LogP contribution in [0.3, 0.4) is 0 Å². The summed E-state index contributed by atoms with van der Waals surface area (Å²) in [6.07, 6.45) is 3.16. The van der Waals surface area contributed by atoms with Crippen molar-refractivity contribution in [2.24, 2.45) is 16.1 Å². The van der Waals surface area contributed by atoms with Gasteiger partial charge in [-0.25, -0.2) is 0 Å². The van der Waals surface area contributed by atoms with Crippen LogP contribution in [0.5, 0.6) is 0 Å². The standard InChI is InChI=1S/C7H12N2/c1-6(2)5-7-3-4-8-9-7/h3,6H,4-5H2,1-2H3. The molecule has 2 heteroatoms. The predicted octanol–water partition coefficient (Wildman–Crippen LogP) is 2.38. The summed E-state index contributed by atoms with van der Waals surface area (Å²) in [5, 5.41) is 7.81. The van der Waals surface area contributed by atoms with E-state index in [4.69, 9.17) is 0 Å². The van der Waals surface area contributed by atoms with Gasteiger partial charge in [0.1, 0.15) is 0 Å². The summed E-state index contributed by atoms with van der Waals surface area (Å²) in [5.41, 5.74) is 1.16. The van der Waals surface area contributed by atoms with E-state index in [0.29, 0.717) is 5.92 Å². The Morgan fingerprint density at radius 1 is 1.67 bits per heavy atom. The molecule has 0 bridgehead atoms. The van der Waals surface area contributed by atoms with Crippen molar-refractivity contribution in [3.63, 3.8) is 0 Å². The topological polar surface area (TPSA) is 24.7 Å². The highest BCUT2D eigenvalue weighted by Crippen LogP contribution is 2.15. The minimum atomic E-state index is 0.702. The lowest BCUT2D eigenvalue weighted by Crippen LogP contribution is -1.86. The SMILES string of the molecule is CC(C)CC1=CCN=N1. The van der Waals surface area contributed by atoms with Gasteiger partial charge in [-0.1, -0.05) is 13.8 Å². The number of nitrogens with zero attached hydrogens (tertiary/aromatic N) is 2. The fraction of sp³-hybridized carbons (Fsp3) is 0.714. The van der Waals surface area contributed by atoms with E-state index >= 15 is 0 Å². The molecule has 0 saturated heterocycles. The van der Waals surface area contributed by atoms with Crippen molar-refractivity contribution in [1.29, 1.82) is 0 Å². The highest BCUT2D eigenvalue weighted by atomic mass is 15.1. The number of allylic oxidation sites excluding steroid dienone is 1. The van der Waals surface area contributed by atoms with E-state index in [2.05, 4.69) is 30.2 Å². The normalized spacial score (nSPS) is 17.0. The van der Waals surface area contributed by atoms with Crippen molar-refractivity contribution in [1.82, 2.24) is 0 Å². The van der Waals surface area contributed by atoms with Crippen LogP contribution in [0.25, 0.3) is 0 Å². The Balaban J connectivity index is 2.35. The van der Waals surface area contributed by atoms with Crippen LogP contribution in [0.15, 0.2) is 22.0 Å². The van der Waals surface area contributed by atoms with Crippen molar-refractivity contribution in [3.05, 3.63) is 11.8 Å². The van der Waals surface area contributed by atoms with Crippen LogP contribution in [0, 0.1) is 5.92 Å². The molecule has 0 fully saturated rings. The van der Waals surface area contributed by atoms with E-state index in [1.165, 1.54) is 0 Å². The van der Waals surface area contributed by atoms with Gasteiger partial charge in [0.2, 0.25) is 0 Å². The van der Waals surface area contributed by atoms with Gasteiger partial charge in [-0.15, -0.1) is 0 Å². The monoisotopic (exact) mass is 124 g/mol. The third-order valence-electron chi connectivity index (χ3n) is 1.23. The maximum Gasteiger partial charge on any atom is 0.0805 e. The molecule has 9 heavy (non-hydrogen) atoms. The zero-order valence-corrected chi connectivity index (χ0v) is 5.96. The molecule has 0 amide bonds. The summed E-state index contributed by atoms with van der Waals surface area (Å²) in [6.45, 7) is 5.17. The third-order valence-corrected chi connectivity index (χ3v) is 1.23. The molecule has 0 aromatic rings. The van der Waals surface area contributed by atoms with Crippen molar-refractivity contribution in [2.45, 2.75) is 20.3 Å². The molecule has 0 N–H and O–H groups in total. The number of azo groups is 1. The average molecular weight is 124 g/mol. The lowest BCUT2D eigenvalue weighted by molar-refractivity contribution is 0.637. The predicted molar refractivity (Wildman–Crippen MR) is 37.3 cm³/mol. The molecule has 0 aromatic carbocycles. The lowest BCUT2D eigenvalue weighted by Gasteiger charge is -1.99. The third kappa shape index (κ3) is 1.96. The van der Waals surface area contributed by atoms with E-state index in [1.807, 2.05) is 0 Å². The molecular weight excluding hydrogens is 112 g/mol. The fourth-order valence-electron chi connectivity index (χ4n) is 0.861. The molecule has 0 atom stereocenters. The second-order valence-corrected chi connectivity index (χ2v) is 2.72. The molecule has 0 aromatic heterocycles. The van der Waals surface area contributed by atoms with Crippen LogP contribution < -0.4 is 0 Å². The van der Waals surface area contributed by atoms with Crippen LogP contribution in [0.1, 0.15) is 20.3 Å². The summed E-state index contributed by atoms with van der Waals surface area (Å²) in [5.74, 6) is 0.702.